The lowest BCUT2D eigenvalue weighted by Gasteiger charge is -2.16. The molecule has 1 atom stereocenters. The van der Waals surface area contributed by atoms with Gasteiger partial charge in [-0.3, -0.25) is 0 Å². The van der Waals surface area contributed by atoms with Crippen molar-refractivity contribution in [3.63, 3.8) is 0 Å². The Labute approximate surface area is 73.7 Å². The molecule has 1 aliphatic rings. The van der Waals surface area contributed by atoms with E-state index in [9.17, 15) is 0 Å². The van der Waals surface area contributed by atoms with Crippen LogP contribution in [0.5, 0.6) is 0 Å². The number of hydrogen-bond acceptors (Lipinski definition) is 3. The van der Waals surface area contributed by atoms with Crippen molar-refractivity contribution in [1.82, 2.24) is 0 Å². The summed E-state index contributed by atoms with van der Waals surface area (Å²) >= 11 is 0. The topological polar surface area (TPSA) is 38.7 Å². The zero-order valence-corrected chi connectivity index (χ0v) is 7.66. The van der Waals surface area contributed by atoms with Gasteiger partial charge in [0.2, 0.25) is 0 Å². The van der Waals surface area contributed by atoms with Gasteiger partial charge in [-0.25, -0.2) is 0 Å². The molecule has 0 spiro atoms. The van der Waals surface area contributed by atoms with Crippen molar-refractivity contribution in [2.45, 2.75) is 32.5 Å². The average molecular weight is 174 g/mol. The highest BCUT2D eigenvalue weighted by molar-refractivity contribution is 4.61. The van der Waals surface area contributed by atoms with Gasteiger partial charge in [-0.15, -0.1) is 0 Å². The minimum atomic E-state index is -0.0125. The van der Waals surface area contributed by atoms with Gasteiger partial charge in [0, 0.05) is 13.0 Å². The molecule has 1 N–H and O–H groups in total. The molecule has 3 heteroatoms. The van der Waals surface area contributed by atoms with Crippen LogP contribution in [0.2, 0.25) is 0 Å². The molecule has 1 heterocycles. The zero-order chi connectivity index (χ0) is 8.81. The van der Waals surface area contributed by atoms with Crippen LogP contribution in [0.4, 0.5) is 0 Å². The largest absolute Gasteiger partial charge is 0.396 e. The van der Waals surface area contributed by atoms with Crippen molar-refractivity contribution in [2.24, 2.45) is 5.92 Å². The van der Waals surface area contributed by atoms with E-state index in [2.05, 4.69) is 6.92 Å². The second-order valence-electron chi connectivity index (χ2n) is 3.19. The average Bonchev–Trinajstić information content (AvgIpc) is 2.56. The summed E-state index contributed by atoms with van der Waals surface area (Å²) in [5, 5.41) is 8.76. The molecule has 12 heavy (non-hydrogen) atoms. The third-order valence-electron chi connectivity index (χ3n) is 2.33. The van der Waals surface area contributed by atoms with Crippen LogP contribution < -0.4 is 0 Å². The number of aliphatic hydroxyl groups is 1. The molecule has 0 aliphatic carbocycles. The van der Waals surface area contributed by atoms with Crippen molar-refractivity contribution >= 4 is 0 Å². The fraction of sp³-hybridized carbons (Fsp3) is 1.00. The van der Waals surface area contributed by atoms with E-state index in [0.717, 1.165) is 32.5 Å². The number of rotatable bonds is 5. The molecule has 0 aromatic heterocycles. The van der Waals surface area contributed by atoms with Crippen LogP contribution in [-0.4, -0.2) is 31.2 Å². The van der Waals surface area contributed by atoms with E-state index in [1.54, 1.807) is 0 Å². The lowest BCUT2D eigenvalue weighted by molar-refractivity contribution is -0.0587. The lowest BCUT2D eigenvalue weighted by atomic mass is 9.99. The molecule has 72 valence electrons. The molecule has 1 rings (SSSR count). The molecule has 0 amide bonds. The summed E-state index contributed by atoms with van der Waals surface area (Å²) in [5.74, 6) is 0.540. The molecular weight excluding hydrogens is 156 g/mol. The summed E-state index contributed by atoms with van der Waals surface area (Å²) in [7, 11) is 0. The van der Waals surface area contributed by atoms with E-state index in [-0.39, 0.29) is 12.9 Å². The molecule has 0 bridgehead atoms. The SMILES string of the molecule is CCC(CCO)CC1OCCO1. The first kappa shape index (κ1) is 9.96. The molecule has 1 aliphatic heterocycles. The first-order valence-electron chi connectivity index (χ1n) is 4.71. The second kappa shape index (κ2) is 5.51. The smallest absolute Gasteiger partial charge is 0.158 e. The van der Waals surface area contributed by atoms with Gasteiger partial charge in [0.05, 0.1) is 13.2 Å². The maximum Gasteiger partial charge on any atom is 0.158 e. The number of aliphatic hydroxyl groups excluding tert-OH is 1. The quantitative estimate of drug-likeness (QED) is 0.679. The van der Waals surface area contributed by atoms with Gasteiger partial charge in [0.15, 0.2) is 6.29 Å². The first-order valence-corrected chi connectivity index (χ1v) is 4.71. The van der Waals surface area contributed by atoms with Crippen LogP contribution in [-0.2, 0) is 9.47 Å². The summed E-state index contributed by atoms with van der Waals surface area (Å²) < 4.78 is 10.7. The third kappa shape index (κ3) is 3.09. The van der Waals surface area contributed by atoms with Gasteiger partial charge in [-0.05, 0) is 12.3 Å². The Morgan fingerprint density at radius 3 is 2.58 bits per heavy atom. The van der Waals surface area contributed by atoms with Crippen LogP contribution in [0.15, 0.2) is 0 Å². The van der Waals surface area contributed by atoms with Crippen molar-refractivity contribution in [3.8, 4) is 0 Å². The Kier molecular flexibility index (Phi) is 4.58. The van der Waals surface area contributed by atoms with Crippen LogP contribution in [0.1, 0.15) is 26.2 Å². The molecule has 3 nitrogen and oxygen atoms in total. The van der Waals surface area contributed by atoms with Crippen LogP contribution >= 0.6 is 0 Å². The van der Waals surface area contributed by atoms with Crippen LogP contribution in [0.3, 0.4) is 0 Å². The van der Waals surface area contributed by atoms with E-state index >= 15 is 0 Å². The van der Waals surface area contributed by atoms with E-state index in [1.807, 2.05) is 0 Å². The predicted molar refractivity (Wildman–Crippen MR) is 45.8 cm³/mol. The maximum absolute atomic E-state index is 8.76. The lowest BCUT2D eigenvalue weighted by Crippen LogP contribution is -2.15. The Bertz CT molecular complexity index is 110. The summed E-state index contributed by atoms with van der Waals surface area (Å²) in [5.41, 5.74) is 0. The predicted octanol–water partition coefficient (Wildman–Crippen LogP) is 1.16. The fourth-order valence-electron chi connectivity index (χ4n) is 1.49. The highest BCUT2D eigenvalue weighted by Gasteiger charge is 2.19. The normalized spacial score (nSPS) is 21.5. The van der Waals surface area contributed by atoms with Gasteiger partial charge in [0.1, 0.15) is 0 Å². The highest BCUT2D eigenvalue weighted by Crippen LogP contribution is 2.19. The summed E-state index contributed by atoms with van der Waals surface area (Å²) in [6.45, 7) is 3.85. The van der Waals surface area contributed by atoms with Crippen molar-refractivity contribution in [1.29, 1.82) is 0 Å². The molecule has 1 fully saturated rings. The maximum atomic E-state index is 8.76. The van der Waals surface area contributed by atoms with E-state index in [0.29, 0.717) is 5.92 Å². The summed E-state index contributed by atoms with van der Waals surface area (Å²) in [6, 6.07) is 0. The van der Waals surface area contributed by atoms with Crippen molar-refractivity contribution in [3.05, 3.63) is 0 Å². The molecule has 0 aromatic carbocycles. The van der Waals surface area contributed by atoms with Gasteiger partial charge in [0.25, 0.3) is 0 Å². The van der Waals surface area contributed by atoms with Crippen LogP contribution in [0, 0.1) is 5.92 Å². The molecule has 0 radical (unpaired) electrons. The van der Waals surface area contributed by atoms with Gasteiger partial charge in [-0.1, -0.05) is 13.3 Å². The van der Waals surface area contributed by atoms with Crippen molar-refractivity contribution in [2.75, 3.05) is 19.8 Å². The number of hydrogen-bond donors (Lipinski definition) is 1. The Morgan fingerprint density at radius 1 is 1.42 bits per heavy atom. The van der Waals surface area contributed by atoms with Gasteiger partial charge >= 0.3 is 0 Å². The Hall–Kier alpha value is -0.120. The molecule has 0 aromatic rings. The standard InChI is InChI=1S/C9H18O3/c1-2-8(3-4-10)7-9-11-5-6-12-9/h8-10H,2-7H2,1H3. The summed E-state index contributed by atoms with van der Waals surface area (Å²) in [6.07, 6.45) is 2.86. The fourth-order valence-corrected chi connectivity index (χ4v) is 1.49. The van der Waals surface area contributed by atoms with E-state index in [1.165, 1.54) is 0 Å². The Balaban J connectivity index is 2.16. The van der Waals surface area contributed by atoms with Crippen LogP contribution in [0.25, 0.3) is 0 Å². The van der Waals surface area contributed by atoms with E-state index < -0.39 is 0 Å². The molecule has 0 saturated carbocycles. The molecule has 1 saturated heterocycles. The minimum Gasteiger partial charge on any atom is -0.396 e. The Morgan fingerprint density at radius 2 is 2.08 bits per heavy atom. The first-order chi connectivity index (χ1) is 5.86. The summed E-state index contributed by atoms with van der Waals surface area (Å²) in [4.78, 5) is 0. The van der Waals surface area contributed by atoms with E-state index in [4.69, 9.17) is 14.6 Å². The molecule has 1 unspecified atom stereocenters. The third-order valence-corrected chi connectivity index (χ3v) is 2.33. The van der Waals surface area contributed by atoms with Gasteiger partial charge < -0.3 is 14.6 Å². The minimum absolute atomic E-state index is 0.0125. The van der Waals surface area contributed by atoms with Crippen molar-refractivity contribution < 1.29 is 14.6 Å². The number of ether oxygens (including phenoxy) is 2. The van der Waals surface area contributed by atoms with Gasteiger partial charge in [-0.2, -0.15) is 0 Å². The monoisotopic (exact) mass is 174 g/mol. The second-order valence-corrected chi connectivity index (χ2v) is 3.19. The highest BCUT2D eigenvalue weighted by atomic mass is 16.7. The zero-order valence-electron chi connectivity index (χ0n) is 7.66. The molecular formula is C9H18O3.